The molecule has 0 radical (unpaired) electrons. The van der Waals surface area contributed by atoms with Crippen molar-refractivity contribution < 1.29 is 9.53 Å². The number of carbonyl (C=O) groups is 1. The van der Waals surface area contributed by atoms with Gasteiger partial charge in [-0.2, -0.15) is 0 Å². The van der Waals surface area contributed by atoms with Gasteiger partial charge in [0, 0.05) is 5.92 Å². The average Bonchev–Trinajstić information content (AvgIpc) is 2.83. The molecule has 98 valence electrons. The summed E-state index contributed by atoms with van der Waals surface area (Å²) >= 11 is 7.30. The number of nitrogens with zero attached hydrogens (tertiary/aromatic N) is 2. The number of thiophene rings is 1. The minimum atomic E-state index is -0.489. The third-order valence-electron chi connectivity index (χ3n) is 1.95. The fourth-order valence-corrected chi connectivity index (χ4v) is 1.75. The number of rotatable bonds is 5. The van der Waals surface area contributed by atoms with Crippen molar-refractivity contribution in [1.82, 2.24) is 0 Å². The van der Waals surface area contributed by atoms with E-state index in [2.05, 4.69) is 10.2 Å². The van der Waals surface area contributed by atoms with Crippen molar-refractivity contribution in [2.75, 3.05) is 6.61 Å². The van der Waals surface area contributed by atoms with Crippen LogP contribution in [-0.4, -0.2) is 23.5 Å². The summed E-state index contributed by atoms with van der Waals surface area (Å²) in [7, 11) is 0. The van der Waals surface area contributed by atoms with Gasteiger partial charge in [-0.1, -0.05) is 31.5 Å². The Balaban J connectivity index is 3.02. The summed E-state index contributed by atoms with van der Waals surface area (Å²) in [6.07, 6.45) is 0. The Kier molecular flexibility index (Phi) is 6.01. The van der Waals surface area contributed by atoms with Gasteiger partial charge < -0.3 is 4.74 Å². The maximum Gasteiger partial charge on any atom is 0.360 e. The molecule has 0 aliphatic heterocycles. The van der Waals surface area contributed by atoms with E-state index in [-0.39, 0.29) is 11.6 Å². The molecule has 6 heteroatoms. The van der Waals surface area contributed by atoms with Gasteiger partial charge in [0.2, 0.25) is 0 Å². The third kappa shape index (κ3) is 4.23. The van der Waals surface area contributed by atoms with Crippen molar-refractivity contribution in [3.63, 3.8) is 0 Å². The van der Waals surface area contributed by atoms with E-state index < -0.39 is 5.97 Å². The normalized spacial score (nSPS) is 12.9. The van der Waals surface area contributed by atoms with Gasteiger partial charge in [0.25, 0.3) is 0 Å². The van der Waals surface area contributed by atoms with Gasteiger partial charge in [-0.3, -0.25) is 0 Å². The molecule has 0 spiro atoms. The standard InChI is InChI=1S/C12H15ClN2O2S/c1-4-17-12(16)10(9-6-5-7-18-9)14-15-11(13)8(2)3/h5-8H,4H2,1-3H3. The number of carbonyl (C=O) groups excluding carboxylic acids is 1. The van der Waals surface area contributed by atoms with Crippen LogP contribution < -0.4 is 0 Å². The highest BCUT2D eigenvalue weighted by Crippen LogP contribution is 2.12. The molecule has 0 saturated carbocycles. The summed E-state index contributed by atoms with van der Waals surface area (Å²) < 4.78 is 4.95. The van der Waals surface area contributed by atoms with E-state index in [4.69, 9.17) is 16.3 Å². The van der Waals surface area contributed by atoms with Crippen LogP contribution in [0.2, 0.25) is 0 Å². The number of esters is 1. The van der Waals surface area contributed by atoms with Crippen molar-refractivity contribution in [2.45, 2.75) is 20.8 Å². The molecular formula is C12H15ClN2O2S. The van der Waals surface area contributed by atoms with Crippen molar-refractivity contribution >= 4 is 39.8 Å². The Labute approximate surface area is 115 Å². The van der Waals surface area contributed by atoms with Crippen LogP contribution in [0.15, 0.2) is 27.7 Å². The summed E-state index contributed by atoms with van der Waals surface area (Å²) in [5, 5.41) is 9.99. The first kappa shape index (κ1) is 14.9. The Morgan fingerprint density at radius 1 is 1.50 bits per heavy atom. The molecule has 0 saturated heterocycles. The number of hydrogen-bond acceptors (Lipinski definition) is 5. The molecule has 0 bridgehead atoms. The molecule has 0 N–H and O–H groups in total. The van der Waals surface area contributed by atoms with Crippen LogP contribution in [0.25, 0.3) is 0 Å². The predicted molar refractivity (Wildman–Crippen MR) is 75.6 cm³/mol. The number of ether oxygens (including phenoxy) is 1. The van der Waals surface area contributed by atoms with Gasteiger partial charge >= 0.3 is 5.97 Å². The van der Waals surface area contributed by atoms with Crippen LogP contribution >= 0.6 is 22.9 Å². The lowest BCUT2D eigenvalue weighted by Gasteiger charge is -2.03. The highest BCUT2D eigenvalue weighted by atomic mass is 35.5. The minimum absolute atomic E-state index is 0.0715. The van der Waals surface area contributed by atoms with Gasteiger partial charge in [-0.15, -0.1) is 21.5 Å². The summed E-state index contributed by atoms with van der Waals surface area (Å²) in [4.78, 5) is 12.5. The predicted octanol–water partition coefficient (Wildman–Crippen LogP) is 3.31. The molecule has 1 heterocycles. The number of hydrogen-bond donors (Lipinski definition) is 0. The topological polar surface area (TPSA) is 51.0 Å². The summed E-state index contributed by atoms with van der Waals surface area (Å²) in [5.41, 5.74) is 0.186. The van der Waals surface area contributed by atoms with Crippen molar-refractivity contribution in [1.29, 1.82) is 0 Å². The molecule has 1 rings (SSSR count). The molecule has 4 nitrogen and oxygen atoms in total. The Bertz CT molecular complexity index is 453. The van der Waals surface area contributed by atoms with E-state index in [0.717, 1.165) is 0 Å². The highest BCUT2D eigenvalue weighted by Gasteiger charge is 2.16. The molecule has 0 aliphatic rings. The number of halogens is 1. The van der Waals surface area contributed by atoms with Crippen molar-refractivity contribution in [3.8, 4) is 0 Å². The zero-order chi connectivity index (χ0) is 13.5. The Hall–Kier alpha value is -1.20. The largest absolute Gasteiger partial charge is 0.461 e. The lowest BCUT2D eigenvalue weighted by atomic mass is 10.2. The van der Waals surface area contributed by atoms with E-state index in [0.29, 0.717) is 16.7 Å². The first-order valence-corrected chi connectivity index (χ1v) is 6.84. The molecule has 0 fully saturated rings. The van der Waals surface area contributed by atoms with Crippen LogP contribution in [0.1, 0.15) is 25.6 Å². The second-order valence-electron chi connectivity index (χ2n) is 3.72. The quantitative estimate of drug-likeness (QED) is 0.474. The van der Waals surface area contributed by atoms with Gasteiger partial charge in [0.05, 0.1) is 11.5 Å². The van der Waals surface area contributed by atoms with Crippen molar-refractivity contribution in [2.24, 2.45) is 16.1 Å². The molecule has 1 aromatic rings. The fourth-order valence-electron chi connectivity index (χ4n) is 1.02. The summed E-state index contributed by atoms with van der Waals surface area (Å²) in [6, 6.07) is 3.63. The molecule has 0 aromatic carbocycles. The zero-order valence-electron chi connectivity index (χ0n) is 10.5. The first-order chi connectivity index (χ1) is 8.56. The summed E-state index contributed by atoms with van der Waals surface area (Å²) in [6.45, 7) is 5.84. The van der Waals surface area contributed by atoms with E-state index in [1.54, 1.807) is 13.0 Å². The second kappa shape index (κ2) is 7.28. The van der Waals surface area contributed by atoms with Crippen molar-refractivity contribution in [3.05, 3.63) is 22.4 Å². The first-order valence-electron chi connectivity index (χ1n) is 5.58. The lowest BCUT2D eigenvalue weighted by Crippen LogP contribution is -2.17. The van der Waals surface area contributed by atoms with Gasteiger partial charge in [0.15, 0.2) is 5.71 Å². The zero-order valence-corrected chi connectivity index (χ0v) is 12.1. The molecule has 0 unspecified atom stereocenters. The van der Waals surface area contributed by atoms with E-state index in [1.807, 2.05) is 25.3 Å². The maximum absolute atomic E-state index is 11.8. The molecule has 0 atom stereocenters. The van der Waals surface area contributed by atoms with Crippen LogP contribution in [0.3, 0.4) is 0 Å². The average molecular weight is 287 g/mol. The van der Waals surface area contributed by atoms with Crippen LogP contribution in [0.4, 0.5) is 0 Å². The highest BCUT2D eigenvalue weighted by molar-refractivity contribution is 7.13. The second-order valence-corrected chi connectivity index (χ2v) is 5.06. The van der Waals surface area contributed by atoms with Gasteiger partial charge in [-0.25, -0.2) is 4.79 Å². The Morgan fingerprint density at radius 2 is 2.22 bits per heavy atom. The Morgan fingerprint density at radius 3 is 2.72 bits per heavy atom. The molecule has 1 aromatic heterocycles. The molecule has 18 heavy (non-hydrogen) atoms. The van der Waals surface area contributed by atoms with E-state index in [9.17, 15) is 4.79 Å². The SMILES string of the molecule is CCOC(=O)C(=NN=C(Cl)C(C)C)c1cccs1. The van der Waals surface area contributed by atoms with Crippen LogP contribution in [0, 0.1) is 5.92 Å². The maximum atomic E-state index is 11.8. The van der Waals surface area contributed by atoms with E-state index >= 15 is 0 Å². The smallest absolute Gasteiger partial charge is 0.360 e. The summed E-state index contributed by atoms with van der Waals surface area (Å²) in [5.74, 6) is -0.417. The van der Waals surface area contributed by atoms with E-state index in [1.165, 1.54) is 11.3 Å². The lowest BCUT2D eigenvalue weighted by molar-refractivity contribution is -0.134. The molecule has 0 amide bonds. The molecule has 0 aliphatic carbocycles. The van der Waals surface area contributed by atoms with Gasteiger partial charge in [-0.05, 0) is 18.4 Å². The third-order valence-corrected chi connectivity index (χ3v) is 3.33. The van der Waals surface area contributed by atoms with Crippen LogP contribution in [0.5, 0.6) is 0 Å². The minimum Gasteiger partial charge on any atom is -0.461 e. The fraction of sp³-hybridized carbons (Fsp3) is 0.417. The monoisotopic (exact) mass is 286 g/mol. The molecular weight excluding hydrogens is 272 g/mol. The van der Waals surface area contributed by atoms with Crippen LogP contribution in [-0.2, 0) is 9.53 Å². The van der Waals surface area contributed by atoms with Gasteiger partial charge in [0.1, 0.15) is 5.17 Å².